The molecule has 3 rings (SSSR count). The van der Waals surface area contributed by atoms with Crippen LogP contribution in [0.4, 0.5) is 0 Å². The van der Waals surface area contributed by atoms with Crippen LogP contribution in [0.3, 0.4) is 0 Å². The van der Waals surface area contributed by atoms with E-state index in [1.54, 1.807) is 0 Å². The summed E-state index contributed by atoms with van der Waals surface area (Å²) < 4.78 is 3.64. The van der Waals surface area contributed by atoms with E-state index in [0.717, 1.165) is 0 Å². The quantitative estimate of drug-likeness (QED) is 0.556. The Morgan fingerprint density at radius 1 is 0.950 bits per heavy atom. The molecule has 0 aromatic heterocycles. The zero-order valence-corrected chi connectivity index (χ0v) is 14.1. The number of allylic oxidation sites excluding steroid dienone is 5. The van der Waals surface area contributed by atoms with Gasteiger partial charge in [-0.05, 0) is 0 Å². The molecule has 0 atom stereocenters. The van der Waals surface area contributed by atoms with Crippen LogP contribution in [0, 0.1) is 0 Å². The minimum absolute atomic E-state index is 0.454. The van der Waals surface area contributed by atoms with Crippen LogP contribution in [0.1, 0.15) is 5.56 Å². The predicted octanol–water partition coefficient (Wildman–Crippen LogP) is 3.49. The Labute approximate surface area is 130 Å². The third-order valence-electron chi connectivity index (χ3n) is 3.15. The number of thioether (sulfide) groups is 1. The average Bonchev–Trinajstić information content (AvgIpc) is 2.98. The second-order valence-electron chi connectivity index (χ2n) is 4.80. The van der Waals surface area contributed by atoms with E-state index in [2.05, 4.69) is 78.3 Å². The number of hydrogen-bond acceptors (Lipinski definition) is 1. The van der Waals surface area contributed by atoms with Gasteiger partial charge in [0.1, 0.15) is 0 Å². The summed E-state index contributed by atoms with van der Waals surface area (Å²) in [6.45, 7) is 0. The van der Waals surface area contributed by atoms with Gasteiger partial charge in [-0.1, -0.05) is 0 Å². The predicted molar refractivity (Wildman–Crippen MR) is 90.2 cm³/mol. The van der Waals surface area contributed by atoms with E-state index in [9.17, 15) is 0 Å². The van der Waals surface area contributed by atoms with Crippen molar-refractivity contribution in [1.82, 2.24) is 0 Å². The zero-order chi connectivity index (χ0) is 13.9. The fourth-order valence-electron chi connectivity index (χ4n) is 2.01. The molecule has 1 heterocycles. The van der Waals surface area contributed by atoms with Crippen molar-refractivity contribution in [2.24, 2.45) is 0 Å². The number of hydrogen-bond donors (Lipinski definition) is 0. The van der Waals surface area contributed by atoms with Crippen LogP contribution in [0.5, 0.6) is 0 Å². The Bertz CT molecular complexity index is 656. The van der Waals surface area contributed by atoms with Crippen LogP contribution in [-0.4, -0.2) is 39.3 Å². The Kier molecular flexibility index (Phi) is 4.11. The van der Waals surface area contributed by atoms with Gasteiger partial charge in [-0.25, -0.2) is 0 Å². The summed E-state index contributed by atoms with van der Waals surface area (Å²) in [5.74, 6) is 0. The molecular weight excluding hydrogens is 329 g/mol. The molecule has 1 nitrogen and oxygen atoms in total. The van der Waals surface area contributed by atoms with E-state index in [1.165, 1.54) is 25.6 Å². The Hall–Kier alpha value is -1.28. The summed E-state index contributed by atoms with van der Waals surface area (Å²) >= 11 is 2.38. The van der Waals surface area contributed by atoms with E-state index >= 15 is 0 Å². The number of nitrogens with zero attached hydrogens (tertiary/aromatic N) is 1. The van der Waals surface area contributed by atoms with Crippen molar-refractivity contribution in [2.75, 3.05) is 14.1 Å². The van der Waals surface area contributed by atoms with E-state index in [0.29, 0.717) is 15.0 Å². The second-order valence-corrected chi connectivity index (χ2v) is 8.28. The van der Waals surface area contributed by atoms with Crippen molar-refractivity contribution in [3.05, 3.63) is 74.6 Å². The third-order valence-corrected chi connectivity index (χ3v) is 7.19. The molecule has 2 aliphatic rings. The first-order valence-corrected chi connectivity index (χ1v) is 9.15. The van der Waals surface area contributed by atoms with Crippen molar-refractivity contribution in [3.8, 4) is 0 Å². The van der Waals surface area contributed by atoms with Crippen LogP contribution >= 0.6 is 11.8 Å². The molecule has 0 radical (unpaired) electrons. The minimum atomic E-state index is 0.454. The first-order chi connectivity index (χ1) is 9.74. The molecular formula is C17H16NSSe+. The standard InChI is InChI=1S/C17H16NSSe/c1-18(2)15-10-8-14(9-11-15)17-19-16(12-20-17)13-6-4-3-5-7-13/h3-12H,1-2H3/q+1. The van der Waals surface area contributed by atoms with Gasteiger partial charge in [0.25, 0.3) is 0 Å². The molecule has 1 aliphatic carbocycles. The van der Waals surface area contributed by atoms with Gasteiger partial charge in [0.15, 0.2) is 0 Å². The van der Waals surface area contributed by atoms with Crippen molar-refractivity contribution >= 4 is 37.3 Å². The van der Waals surface area contributed by atoms with Crippen LogP contribution < -0.4 is 0 Å². The fourth-order valence-corrected chi connectivity index (χ4v) is 5.79. The average molecular weight is 345 g/mol. The van der Waals surface area contributed by atoms with Crippen LogP contribution in [-0.2, 0) is 0 Å². The normalized spacial score (nSPS) is 17.7. The van der Waals surface area contributed by atoms with Crippen molar-refractivity contribution < 1.29 is 4.58 Å². The van der Waals surface area contributed by atoms with Gasteiger partial charge >= 0.3 is 131 Å². The molecule has 1 aromatic carbocycles. The van der Waals surface area contributed by atoms with E-state index in [1.807, 2.05) is 11.8 Å². The second kappa shape index (κ2) is 6.01. The summed E-state index contributed by atoms with van der Waals surface area (Å²) in [5, 5.41) is 0. The van der Waals surface area contributed by atoms with Gasteiger partial charge < -0.3 is 0 Å². The molecule has 20 heavy (non-hydrogen) atoms. The van der Waals surface area contributed by atoms with Gasteiger partial charge in [-0.2, -0.15) is 0 Å². The van der Waals surface area contributed by atoms with E-state index in [-0.39, 0.29) is 0 Å². The molecule has 0 saturated carbocycles. The Morgan fingerprint density at radius 2 is 1.65 bits per heavy atom. The van der Waals surface area contributed by atoms with Crippen LogP contribution in [0.2, 0.25) is 0 Å². The zero-order valence-electron chi connectivity index (χ0n) is 11.5. The summed E-state index contributed by atoms with van der Waals surface area (Å²) in [6, 6.07) is 10.7. The van der Waals surface area contributed by atoms with Crippen molar-refractivity contribution in [2.45, 2.75) is 0 Å². The molecule has 0 amide bonds. The molecule has 0 spiro atoms. The summed E-state index contributed by atoms with van der Waals surface area (Å²) in [7, 11) is 4.15. The Balaban J connectivity index is 1.80. The van der Waals surface area contributed by atoms with Crippen molar-refractivity contribution in [3.63, 3.8) is 0 Å². The summed E-state index contributed by atoms with van der Waals surface area (Å²) in [6.07, 6.45) is 8.86. The van der Waals surface area contributed by atoms with Gasteiger partial charge in [0.2, 0.25) is 0 Å². The van der Waals surface area contributed by atoms with Crippen LogP contribution in [0.15, 0.2) is 69.0 Å². The first kappa shape index (κ1) is 13.7. The molecule has 1 aromatic rings. The van der Waals surface area contributed by atoms with E-state index < -0.39 is 0 Å². The van der Waals surface area contributed by atoms with Crippen molar-refractivity contribution in [1.29, 1.82) is 0 Å². The fraction of sp³-hybridized carbons (Fsp3) is 0.118. The van der Waals surface area contributed by atoms with Gasteiger partial charge in [-0.3, -0.25) is 0 Å². The molecule has 0 bridgehead atoms. The van der Waals surface area contributed by atoms with Gasteiger partial charge in [0, 0.05) is 0 Å². The van der Waals surface area contributed by atoms with Gasteiger partial charge in [-0.15, -0.1) is 0 Å². The summed E-state index contributed by atoms with van der Waals surface area (Å²) in [5.41, 5.74) is 3.95. The molecule has 1 aliphatic heterocycles. The number of rotatable bonds is 1. The molecule has 3 heteroatoms. The maximum absolute atomic E-state index is 2.39. The van der Waals surface area contributed by atoms with Gasteiger partial charge in [0.05, 0.1) is 0 Å². The Morgan fingerprint density at radius 3 is 2.30 bits per heavy atom. The summed E-state index contributed by atoms with van der Waals surface area (Å²) in [4.78, 5) is 3.79. The monoisotopic (exact) mass is 346 g/mol. The van der Waals surface area contributed by atoms with E-state index in [4.69, 9.17) is 0 Å². The molecule has 0 unspecified atom stereocenters. The third kappa shape index (κ3) is 2.90. The molecule has 0 N–H and O–H groups in total. The SMILES string of the molecule is C[N+](C)=C1C=CC(=C2SC(c3ccccc3)=C[Se]2)C=C1. The van der Waals surface area contributed by atoms with Crippen LogP contribution in [0.25, 0.3) is 4.91 Å². The number of benzene rings is 1. The molecule has 0 saturated heterocycles. The molecule has 100 valence electrons. The maximum atomic E-state index is 2.39. The first-order valence-electron chi connectivity index (χ1n) is 6.49. The topological polar surface area (TPSA) is 3.01 Å². The molecule has 0 fully saturated rings.